The third-order valence-electron chi connectivity index (χ3n) is 2.22. The highest BCUT2D eigenvalue weighted by Crippen LogP contribution is 2.13. The average molecular weight is 263 g/mol. The van der Waals surface area contributed by atoms with Gasteiger partial charge in [0.15, 0.2) is 6.33 Å². The zero-order chi connectivity index (χ0) is 13.7. The molecular formula is C12H17N5O2. The summed E-state index contributed by atoms with van der Waals surface area (Å²) in [5, 5.41) is 6.65. The molecule has 0 spiro atoms. The summed E-state index contributed by atoms with van der Waals surface area (Å²) in [6, 6.07) is 1.81. The van der Waals surface area contributed by atoms with Crippen molar-refractivity contribution in [2.24, 2.45) is 0 Å². The van der Waals surface area contributed by atoms with Gasteiger partial charge < -0.3 is 14.6 Å². The molecule has 0 atom stereocenters. The fraction of sp³-hybridized carbons (Fsp3) is 0.500. The third kappa shape index (κ3) is 4.20. The summed E-state index contributed by atoms with van der Waals surface area (Å²) in [5.74, 6) is 1.69. The zero-order valence-corrected chi connectivity index (χ0v) is 11.3. The Kier molecular flexibility index (Phi) is 4.27. The van der Waals surface area contributed by atoms with Crippen LogP contribution in [0.25, 0.3) is 0 Å². The van der Waals surface area contributed by atoms with E-state index in [0.717, 1.165) is 5.69 Å². The van der Waals surface area contributed by atoms with Crippen LogP contribution in [0.1, 0.15) is 25.4 Å². The Morgan fingerprint density at radius 3 is 2.89 bits per heavy atom. The third-order valence-corrected chi connectivity index (χ3v) is 2.22. The second-order valence-corrected chi connectivity index (χ2v) is 4.35. The maximum atomic E-state index is 5.56. The molecule has 0 bridgehead atoms. The van der Waals surface area contributed by atoms with Crippen LogP contribution in [0.4, 0.5) is 5.95 Å². The molecule has 2 aromatic heterocycles. The summed E-state index contributed by atoms with van der Waals surface area (Å²) >= 11 is 0. The molecule has 0 amide bonds. The van der Waals surface area contributed by atoms with E-state index in [0.29, 0.717) is 30.7 Å². The molecule has 19 heavy (non-hydrogen) atoms. The van der Waals surface area contributed by atoms with Crippen LogP contribution < -0.4 is 10.1 Å². The van der Waals surface area contributed by atoms with E-state index in [4.69, 9.17) is 9.26 Å². The van der Waals surface area contributed by atoms with Crippen molar-refractivity contribution in [2.45, 2.75) is 33.3 Å². The lowest BCUT2D eigenvalue weighted by Gasteiger charge is -2.11. The first-order valence-electron chi connectivity index (χ1n) is 6.15. The number of anilines is 1. The molecule has 102 valence electrons. The van der Waals surface area contributed by atoms with Crippen molar-refractivity contribution in [3.63, 3.8) is 0 Å². The lowest BCUT2D eigenvalue weighted by atomic mass is 10.4. The van der Waals surface area contributed by atoms with Gasteiger partial charge in [0.2, 0.25) is 17.7 Å². The molecule has 7 nitrogen and oxygen atoms in total. The number of aromatic nitrogens is 4. The molecule has 2 rings (SSSR count). The second-order valence-electron chi connectivity index (χ2n) is 4.35. The van der Waals surface area contributed by atoms with E-state index in [2.05, 4.69) is 25.4 Å². The van der Waals surface area contributed by atoms with Gasteiger partial charge in [0.05, 0.1) is 6.10 Å². The number of aryl methyl sites for hydroxylation is 1. The van der Waals surface area contributed by atoms with Gasteiger partial charge >= 0.3 is 0 Å². The quantitative estimate of drug-likeness (QED) is 0.847. The van der Waals surface area contributed by atoms with Crippen LogP contribution in [0.2, 0.25) is 0 Å². The van der Waals surface area contributed by atoms with Gasteiger partial charge in [-0.05, 0) is 20.8 Å². The van der Waals surface area contributed by atoms with Gasteiger partial charge in [0.25, 0.3) is 0 Å². The number of hydrogen-bond acceptors (Lipinski definition) is 7. The zero-order valence-electron chi connectivity index (χ0n) is 11.3. The van der Waals surface area contributed by atoms with Gasteiger partial charge in [-0.2, -0.15) is 9.97 Å². The number of ether oxygens (including phenoxy) is 1. The fourth-order valence-electron chi connectivity index (χ4n) is 1.51. The molecule has 0 unspecified atom stereocenters. The first-order valence-corrected chi connectivity index (χ1v) is 6.15. The normalized spacial score (nSPS) is 10.7. The Hall–Kier alpha value is -2.18. The van der Waals surface area contributed by atoms with Crippen LogP contribution in [0.15, 0.2) is 16.9 Å². The van der Waals surface area contributed by atoms with Crippen molar-refractivity contribution in [1.29, 1.82) is 0 Å². The van der Waals surface area contributed by atoms with Crippen LogP contribution in [-0.4, -0.2) is 32.8 Å². The lowest BCUT2D eigenvalue weighted by Crippen LogP contribution is -2.12. The molecular weight excluding hydrogens is 246 g/mol. The van der Waals surface area contributed by atoms with Crippen molar-refractivity contribution in [1.82, 2.24) is 20.1 Å². The van der Waals surface area contributed by atoms with E-state index < -0.39 is 0 Å². The number of rotatable bonds is 6. The van der Waals surface area contributed by atoms with E-state index in [-0.39, 0.29) is 6.10 Å². The summed E-state index contributed by atoms with van der Waals surface area (Å²) < 4.78 is 10.5. The average Bonchev–Trinajstić information content (AvgIpc) is 2.80. The summed E-state index contributed by atoms with van der Waals surface area (Å²) in [7, 11) is 0. The van der Waals surface area contributed by atoms with Crippen LogP contribution >= 0.6 is 0 Å². The van der Waals surface area contributed by atoms with Crippen LogP contribution in [0.3, 0.4) is 0 Å². The smallest absolute Gasteiger partial charge is 0.228 e. The number of hydrogen-bond donors (Lipinski definition) is 1. The van der Waals surface area contributed by atoms with Crippen molar-refractivity contribution in [3.8, 4) is 5.88 Å². The molecule has 0 saturated carbocycles. The van der Waals surface area contributed by atoms with Gasteiger partial charge in [-0.3, -0.25) is 0 Å². The number of nitrogens with one attached hydrogen (secondary N) is 1. The Balaban J connectivity index is 1.93. The fourth-order valence-corrected chi connectivity index (χ4v) is 1.51. The summed E-state index contributed by atoms with van der Waals surface area (Å²) in [6.07, 6.45) is 2.09. The SMILES string of the molecule is Cc1cc(OC(C)C)nc(NCCc2ncno2)n1. The van der Waals surface area contributed by atoms with Gasteiger partial charge in [-0.1, -0.05) is 5.16 Å². The monoisotopic (exact) mass is 263 g/mol. The first-order chi connectivity index (χ1) is 9.13. The molecule has 0 aliphatic heterocycles. The second kappa shape index (κ2) is 6.12. The summed E-state index contributed by atoms with van der Waals surface area (Å²) in [5.41, 5.74) is 0.853. The molecule has 1 N–H and O–H groups in total. The molecule has 0 aliphatic carbocycles. The van der Waals surface area contributed by atoms with Crippen molar-refractivity contribution in [3.05, 3.63) is 24.0 Å². The van der Waals surface area contributed by atoms with E-state index >= 15 is 0 Å². The molecule has 0 aliphatic rings. The molecule has 0 radical (unpaired) electrons. The predicted molar refractivity (Wildman–Crippen MR) is 69.0 cm³/mol. The minimum Gasteiger partial charge on any atom is -0.475 e. The molecule has 2 heterocycles. The largest absolute Gasteiger partial charge is 0.475 e. The van der Waals surface area contributed by atoms with Gasteiger partial charge in [0, 0.05) is 24.7 Å². The van der Waals surface area contributed by atoms with Gasteiger partial charge in [-0.15, -0.1) is 0 Å². The van der Waals surface area contributed by atoms with Gasteiger partial charge in [-0.25, -0.2) is 4.98 Å². The van der Waals surface area contributed by atoms with Crippen LogP contribution in [0, 0.1) is 6.92 Å². The molecule has 0 fully saturated rings. The van der Waals surface area contributed by atoms with E-state index in [9.17, 15) is 0 Å². The first kappa shape index (κ1) is 13.3. The van der Waals surface area contributed by atoms with Gasteiger partial charge in [0.1, 0.15) is 0 Å². The molecule has 0 saturated heterocycles. The van der Waals surface area contributed by atoms with Crippen molar-refractivity contribution < 1.29 is 9.26 Å². The Morgan fingerprint density at radius 1 is 1.37 bits per heavy atom. The number of nitrogens with zero attached hydrogens (tertiary/aromatic N) is 4. The Morgan fingerprint density at radius 2 is 2.21 bits per heavy atom. The lowest BCUT2D eigenvalue weighted by molar-refractivity contribution is 0.232. The minimum atomic E-state index is 0.0838. The highest BCUT2D eigenvalue weighted by atomic mass is 16.5. The highest BCUT2D eigenvalue weighted by Gasteiger charge is 2.05. The standard InChI is InChI=1S/C12H17N5O2/c1-8(2)18-11-6-9(3)16-12(17-11)13-5-4-10-14-7-15-19-10/h6-8H,4-5H2,1-3H3,(H,13,16,17). The van der Waals surface area contributed by atoms with E-state index in [1.807, 2.05) is 26.8 Å². The maximum absolute atomic E-state index is 5.56. The van der Waals surface area contributed by atoms with Crippen molar-refractivity contribution >= 4 is 5.95 Å². The molecule has 2 aromatic rings. The summed E-state index contributed by atoms with van der Waals surface area (Å²) in [4.78, 5) is 12.5. The minimum absolute atomic E-state index is 0.0838. The van der Waals surface area contributed by atoms with Crippen molar-refractivity contribution in [2.75, 3.05) is 11.9 Å². The Labute approximate surface area is 111 Å². The van der Waals surface area contributed by atoms with Crippen LogP contribution in [0.5, 0.6) is 5.88 Å². The van der Waals surface area contributed by atoms with E-state index in [1.165, 1.54) is 6.33 Å². The van der Waals surface area contributed by atoms with E-state index in [1.54, 1.807) is 0 Å². The molecule has 0 aromatic carbocycles. The molecule has 7 heteroatoms. The van der Waals surface area contributed by atoms with Crippen LogP contribution in [-0.2, 0) is 6.42 Å². The Bertz CT molecular complexity index is 513. The highest BCUT2D eigenvalue weighted by molar-refractivity contribution is 5.30. The predicted octanol–water partition coefficient (Wildman–Crippen LogP) is 1.61. The maximum Gasteiger partial charge on any atom is 0.228 e. The summed E-state index contributed by atoms with van der Waals surface area (Å²) in [6.45, 7) is 6.44. The topological polar surface area (TPSA) is 86.0 Å².